The summed E-state index contributed by atoms with van der Waals surface area (Å²) in [7, 11) is 0. The number of amidine groups is 1. The molecule has 0 aromatic rings. The predicted molar refractivity (Wildman–Crippen MR) is 56.4 cm³/mol. The van der Waals surface area contributed by atoms with Crippen LogP contribution in [0.1, 0.15) is 0 Å². The molecule has 0 aromatic heterocycles. The maximum atomic E-state index is 7.46. The number of hydrogen-bond acceptors (Lipinski definition) is 4. The molecule has 5 nitrogen and oxygen atoms in total. The fraction of sp³-hybridized carbons (Fsp3) is 0.500. The van der Waals surface area contributed by atoms with Crippen molar-refractivity contribution < 1.29 is 9.47 Å². The number of nitrogens with zero attached hydrogens (tertiary/aromatic N) is 1. The first-order valence-corrected chi connectivity index (χ1v) is 4.98. The van der Waals surface area contributed by atoms with Crippen molar-refractivity contribution in [3.63, 3.8) is 0 Å². The van der Waals surface area contributed by atoms with E-state index in [-0.39, 0.29) is 5.84 Å². The van der Waals surface area contributed by atoms with E-state index in [1.807, 2.05) is 12.2 Å². The fourth-order valence-electron chi connectivity index (χ4n) is 1.74. The van der Waals surface area contributed by atoms with Gasteiger partial charge in [-0.15, -0.1) is 0 Å². The number of ether oxygens (including phenoxy) is 2. The van der Waals surface area contributed by atoms with Gasteiger partial charge in [0.15, 0.2) is 6.10 Å². The number of rotatable bonds is 2. The van der Waals surface area contributed by atoms with Gasteiger partial charge >= 0.3 is 0 Å². The second-order valence-corrected chi connectivity index (χ2v) is 3.49. The smallest absolute Gasteiger partial charge is 0.193 e. The molecular formula is C10H15N3O2. The van der Waals surface area contributed by atoms with Gasteiger partial charge < -0.3 is 20.1 Å². The van der Waals surface area contributed by atoms with E-state index in [0.29, 0.717) is 13.2 Å². The van der Waals surface area contributed by atoms with Crippen LogP contribution in [0, 0.1) is 5.41 Å². The molecule has 1 unspecified atom stereocenters. The second kappa shape index (κ2) is 4.35. The lowest BCUT2D eigenvalue weighted by Gasteiger charge is -2.35. The van der Waals surface area contributed by atoms with Gasteiger partial charge in [0.1, 0.15) is 5.84 Å². The minimum Gasteiger partial charge on any atom is -0.484 e. The maximum Gasteiger partial charge on any atom is 0.193 e. The van der Waals surface area contributed by atoms with Gasteiger partial charge in [0, 0.05) is 13.1 Å². The summed E-state index contributed by atoms with van der Waals surface area (Å²) in [6.45, 7) is 3.08. The predicted octanol–water partition coefficient (Wildman–Crippen LogP) is 0.0510. The summed E-state index contributed by atoms with van der Waals surface area (Å²) in [5.41, 5.74) is 6.44. The van der Waals surface area contributed by atoms with Crippen LogP contribution in [0.3, 0.4) is 0 Å². The van der Waals surface area contributed by atoms with Crippen molar-refractivity contribution in [2.75, 3.05) is 26.3 Å². The van der Waals surface area contributed by atoms with Gasteiger partial charge in [0.2, 0.25) is 0 Å². The highest BCUT2D eigenvalue weighted by Gasteiger charge is 2.25. The van der Waals surface area contributed by atoms with Crippen molar-refractivity contribution in [3.05, 3.63) is 24.1 Å². The molecule has 1 fully saturated rings. The average molecular weight is 209 g/mol. The number of nitrogens with two attached hydrogens (primary N) is 1. The Morgan fingerprint density at radius 1 is 1.47 bits per heavy atom. The van der Waals surface area contributed by atoms with E-state index in [0.717, 1.165) is 18.8 Å². The molecule has 2 rings (SSSR count). The first-order valence-electron chi connectivity index (χ1n) is 4.98. The molecule has 0 saturated carbocycles. The Balaban J connectivity index is 2.12. The third-order valence-electron chi connectivity index (χ3n) is 2.49. The summed E-state index contributed by atoms with van der Waals surface area (Å²) in [4.78, 5) is 2.15. The van der Waals surface area contributed by atoms with E-state index in [1.165, 1.54) is 0 Å². The van der Waals surface area contributed by atoms with Gasteiger partial charge in [0.25, 0.3) is 0 Å². The van der Waals surface area contributed by atoms with Gasteiger partial charge in [-0.3, -0.25) is 5.41 Å². The molecule has 5 heteroatoms. The van der Waals surface area contributed by atoms with E-state index in [1.54, 1.807) is 6.26 Å². The molecule has 2 aliphatic heterocycles. The summed E-state index contributed by atoms with van der Waals surface area (Å²) in [6, 6.07) is 0. The molecule has 0 radical (unpaired) electrons. The van der Waals surface area contributed by atoms with Crippen LogP contribution in [-0.2, 0) is 9.47 Å². The Morgan fingerprint density at radius 3 is 2.87 bits per heavy atom. The first-order chi connectivity index (χ1) is 7.29. The monoisotopic (exact) mass is 209 g/mol. The molecular weight excluding hydrogens is 194 g/mol. The molecule has 0 bridgehead atoms. The summed E-state index contributed by atoms with van der Waals surface area (Å²) >= 11 is 0. The van der Waals surface area contributed by atoms with E-state index < -0.39 is 6.10 Å². The van der Waals surface area contributed by atoms with E-state index >= 15 is 0 Å². The van der Waals surface area contributed by atoms with Crippen LogP contribution in [0.25, 0.3) is 0 Å². The average Bonchev–Trinajstić information content (AvgIpc) is 2.30. The molecule has 1 atom stereocenters. The highest BCUT2D eigenvalue weighted by Crippen LogP contribution is 2.18. The quantitative estimate of drug-likeness (QED) is 0.498. The summed E-state index contributed by atoms with van der Waals surface area (Å²) in [5.74, 6) is 0.0390. The van der Waals surface area contributed by atoms with Crippen molar-refractivity contribution in [2.24, 2.45) is 5.73 Å². The topological polar surface area (TPSA) is 71.6 Å². The highest BCUT2D eigenvalue weighted by molar-refractivity contribution is 5.85. The Hall–Kier alpha value is -1.49. The Morgan fingerprint density at radius 2 is 2.20 bits per heavy atom. The molecule has 0 amide bonds. The zero-order chi connectivity index (χ0) is 10.7. The lowest BCUT2D eigenvalue weighted by molar-refractivity contribution is 0.0425. The van der Waals surface area contributed by atoms with Gasteiger partial charge in [-0.1, -0.05) is 0 Å². The van der Waals surface area contributed by atoms with Crippen molar-refractivity contribution >= 4 is 5.84 Å². The minimum atomic E-state index is -0.437. The van der Waals surface area contributed by atoms with Crippen molar-refractivity contribution in [2.45, 2.75) is 6.10 Å². The zero-order valence-corrected chi connectivity index (χ0v) is 8.48. The molecule has 82 valence electrons. The van der Waals surface area contributed by atoms with Crippen LogP contribution in [0.5, 0.6) is 0 Å². The standard InChI is InChI=1S/C10H15N3O2/c11-10(12)9-8(2-1-5-15-9)13-3-6-14-7-4-13/h1-2,5,9H,3-4,6-7H2,(H3,11,12). The van der Waals surface area contributed by atoms with Crippen LogP contribution in [0.2, 0.25) is 0 Å². The lowest BCUT2D eigenvalue weighted by Crippen LogP contribution is -2.44. The molecule has 15 heavy (non-hydrogen) atoms. The Bertz CT molecular complexity index is 306. The molecule has 2 aliphatic rings. The van der Waals surface area contributed by atoms with Crippen molar-refractivity contribution in [3.8, 4) is 0 Å². The summed E-state index contributed by atoms with van der Waals surface area (Å²) < 4.78 is 10.6. The number of nitrogens with one attached hydrogen (secondary N) is 1. The maximum absolute atomic E-state index is 7.46. The largest absolute Gasteiger partial charge is 0.484 e. The van der Waals surface area contributed by atoms with Gasteiger partial charge in [-0.05, 0) is 12.2 Å². The molecule has 0 aliphatic carbocycles. The number of morpholine rings is 1. The van der Waals surface area contributed by atoms with E-state index in [2.05, 4.69) is 4.90 Å². The molecule has 0 aromatic carbocycles. The zero-order valence-electron chi connectivity index (χ0n) is 8.48. The summed E-state index contributed by atoms with van der Waals surface area (Å²) in [5, 5.41) is 7.46. The highest BCUT2D eigenvalue weighted by atomic mass is 16.5. The number of allylic oxidation sites excluding steroid dienone is 2. The first kappa shape index (κ1) is 10.0. The van der Waals surface area contributed by atoms with E-state index in [9.17, 15) is 0 Å². The normalized spacial score (nSPS) is 25.7. The van der Waals surface area contributed by atoms with Crippen LogP contribution in [0.4, 0.5) is 0 Å². The Labute approximate surface area is 88.6 Å². The SMILES string of the molecule is N=C(N)C1OC=CC=C1N1CCOCC1. The molecule has 0 spiro atoms. The lowest BCUT2D eigenvalue weighted by atomic mass is 10.1. The van der Waals surface area contributed by atoms with Gasteiger partial charge in [-0.25, -0.2) is 0 Å². The Kier molecular flexibility index (Phi) is 2.91. The van der Waals surface area contributed by atoms with Crippen LogP contribution < -0.4 is 5.73 Å². The van der Waals surface area contributed by atoms with Gasteiger partial charge in [0.05, 0.1) is 25.2 Å². The molecule has 2 heterocycles. The third kappa shape index (κ3) is 2.12. The second-order valence-electron chi connectivity index (χ2n) is 3.49. The molecule has 1 saturated heterocycles. The van der Waals surface area contributed by atoms with Crippen molar-refractivity contribution in [1.82, 2.24) is 4.90 Å². The fourth-order valence-corrected chi connectivity index (χ4v) is 1.74. The van der Waals surface area contributed by atoms with E-state index in [4.69, 9.17) is 20.6 Å². The van der Waals surface area contributed by atoms with Crippen LogP contribution in [-0.4, -0.2) is 43.1 Å². The third-order valence-corrected chi connectivity index (χ3v) is 2.49. The van der Waals surface area contributed by atoms with Crippen LogP contribution in [0.15, 0.2) is 24.1 Å². The number of hydrogen-bond donors (Lipinski definition) is 2. The van der Waals surface area contributed by atoms with Crippen LogP contribution >= 0.6 is 0 Å². The summed E-state index contributed by atoms with van der Waals surface area (Å²) in [6.07, 6.45) is 4.90. The van der Waals surface area contributed by atoms with Crippen molar-refractivity contribution in [1.29, 1.82) is 5.41 Å². The van der Waals surface area contributed by atoms with Gasteiger partial charge in [-0.2, -0.15) is 0 Å². The molecule has 3 N–H and O–H groups in total. The minimum absolute atomic E-state index is 0.0390.